The minimum absolute atomic E-state index is 0.0640. The monoisotopic (exact) mass is 363 g/mol. The molecule has 2 atom stereocenters. The van der Waals surface area contributed by atoms with Gasteiger partial charge in [0.1, 0.15) is 5.75 Å². The molecule has 0 aromatic heterocycles. The molecule has 112 valence electrons. The Kier molecular flexibility index (Phi) is 5.06. The van der Waals surface area contributed by atoms with E-state index in [-0.39, 0.29) is 17.0 Å². The number of benzene rings is 1. The Morgan fingerprint density at radius 3 is 2.60 bits per heavy atom. The van der Waals surface area contributed by atoms with Gasteiger partial charge in [0.15, 0.2) is 0 Å². The van der Waals surface area contributed by atoms with Gasteiger partial charge in [0, 0.05) is 13.2 Å². The molecule has 1 aromatic carbocycles. The van der Waals surface area contributed by atoms with Gasteiger partial charge in [-0.3, -0.25) is 0 Å². The Balaban J connectivity index is 2.12. The van der Waals surface area contributed by atoms with E-state index in [0.29, 0.717) is 16.6 Å². The minimum Gasteiger partial charge on any atom is -0.496 e. The molecule has 0 bridgehead atoms. The maximum absolute atomic E-state index is 12.3. The van der Waals surface area contributed by atoms with Crippen molar-refractivity contribution in [2.45, 2.75) is 36.3 Å². The molecule has 1 aliphatic rings. The van der Waals surface area contributed by atoms with E-state index in [9.17, 15) is 8.42 Å². The van der Waals surface area contributed by atoms with Gasteiger partial charge in [0.05, 0.1) is 22.6 Å². The number of methoxy groups -OCH3 is 2. The van der Waals surface area contributed by atoms with Gasteiger partial charge in [-0.2, -0.15) is 0 Å². The smallest absolute Gasteiger partial charge is 0.240 e. The number of hydrogen-bond donors (Lipinski definition) is 1. The van der Waals surface area contributed by atoms with Crippen LogP contribution in [-0.4, -0.2) is 34.8 Å². The molecule has 0 saturated heterocycles. The first kappa shape index (κ1) is 15.8. The molecule has 2 rings (SSSR count). The van der Waals surface area contributed by atoms with Crippen molar-refractivity contribution in [2.24, 2.45) is 0 Å². The molecule has 1 aliphatic carbocycles. The summed E-state index contributed by atoms with van der Waals surface area (Å²) in [6, 6.07) is 4.65. The molecule has 0 heterocycles. The third-order valence-corrected chi connectivity index (χ3v) is 5.61. The lowest BCUT2D eigenvalue weighted by Crippen LogP contribution is -2.33. The van der Waals surface area contributed by atoms with Crippen LogP contribution in [0.1, 0.15) is 19.3 Å². The summed E-state index contributed by atoms with van der Waals surface area (Å²) in [6.07, 6.45) is 2.54. The molecular formula is C13H18BrNO4S. The third kappa shape index (κ3) is 3.52. The van der Waals surface area contributed by atoms with E-state index < -0.39 is 10.0 Å². The predicted octanol–water partition coefficient (Wildman–Crippen LogP) is 2.30. The summed E-state index contributed by atoms with van der Waals surface area (Å²) in [7, 11) is -0.321. The van der Waals surface area contributed by atoms with Crippen LogP contribution in [0.15, 0.2) is 27.6 Å². The predicted molar refractivity (Wildman–Crippen MR) is 79.5 cm³/mol. The van der Waals surface area contributed by atoms with Gasteiger partial charge in [-0.05, 0) is 53.4 Å². The highest BCUT2D eigenvalue weighted by Gasteiger charge is 2.28. The molecule has 5 nitrogen and oxygen atoms in total. The van der Waals surface area contributed by atoms with Crippen molar-refractivity contribution in [3.05, 3.63) is 22.7 Å². The highest BCUT2D eigenvalue weighted by Crippen LogP contribution is 2.28. The second-order valence-corrected chi connectivity index (χ2v) is 7.35. The molecule has 0 aliphatic heterocycles. The van der Waals surface area contributed by atoms with E-state index in [1.165, 1.54) is 13.2 Å². The van der Waals surface area contributed by atoms with Crippen molar-refractivity contribution in [1.82, 2.24) is 4.72 Å². The first-order chi connectivity index (χ1) is 9.46. The molecule has 1 fully saturated rings. The van der Waals surface area contributed by atoms with Crippen LogP contribution in [-0.2, 0) is 14.8 Å². The van der Waals surface area contributed by atoms with E-state index >= 15 is 0 Å². The topological polar surface area (TPSA) is 64.6 Å². The van der Waals surface area contributed by atoms with Crippen molar-refractivity contribution >= 4 is 26.0 Å². The van der Waals surface area contributed by atoms with Gasteiger partial charge in [-0.1, -0.05) is 0 Å². The standard InChI is InChI=1S/C13H18BrNO4S/c1-18-10-4-3-9(7-10)15-20(16,17)11-5-6-13(19-2)12(14)8-11/h5-6,8-10,15H,3-4,7H2,1-2H3. The maximum Gasteiger partial charge on any atom is 0.240 e. The van der Waals surface area contributed by atoms with Crippen LogP contribution in [0, 0.1) is 0 Å². The number of nitrogens with one attached hydrogen (secondary N) is 1. The Hall–Kier alpha value is -0.630. The first-order valence-corrected chi connectivity index (χ1v) is 8.62. The fraction of sp³-hybridized carbons (Fsp3) is 0.538. The molecule has 7 heteroatoms. The van der Waals surface area contributed by atoms with Gasteiger partial charge >= 0.3 is 0 Å². The van der Waals surface area contributed by atoms with Crippen LogP contribution in [0.25, 0.3) is 0 Å². The van der Waals surface area contributed by atoms with E-state index in [0.717, 1.165) is 12.8 Å². The zero-order chi connectivity index (χ0) is 14.8. The molecule has 2 unspecified atom stereocenters. The number of sulfonamides is 1. The fourth-order valence-electron chi connectivity index (χ4n) is 2.36. The third-order valence-electron chi connectivity index (χ3n) is 3.47. The molecule has 20 heavy (non-hydrogen) atoms. The summed E-state index contributed by atoms with van der Waals surface area (Å²) in [4.78, 5) is 0.228. The highest BCUT2D eigenvalue weighted by molar-refractivity contribution is 9.10. The quantitative estimate of drug-likeness (QED) is 0.871. The van der Waals surface area contributed by atoms with E-state index in [2.05, 4.69) is 20.7 Å². The maximum atomic E-state index is 12.3. The lowest BCUT2D eigenvalue weighted by Gasteiger charge is -2.14. The first-order valence-electron chi connectivity index (χ1n) is 6.35. The average Bonchev–Trinajstić information content (AvgIpc) is 2.85. The average molecular weight is 364 g/mol. The SMILES string of the molecule is COc1ccc(S(=O)(=O)NC2CCC(OC)C2)cc1Br. The fourth-order valence-corrected chi connectivity index (χ4v) is 4.36. The van der Waals surface area contributed by atoms with Crippen molar-refractivity contribution < 1.29 is 17.9 Å². The Morgan fingerprint density at radius 1 is 1.30 bits per heavy atom. The molecule has 0 amide bonds. The van der Waals surface area contributed by atoms with Gasteiger partial charge in [-0.15, -0.1) is 0 Å². The van der Waals surface area contributed by atoms with Crippen LogP contribution in [0.2, 0.25) is 0 Å². The number of halogens is 1. The molecule has 1 aromatic rings. The summed E-state index contributed by atoms with van der Waals surface area (Å²) < 4.78 is 38.3. The molecule has 1 N–H and O–H groups in total. The van der Waals surface area contributed by atoms with Gasteiger partial charge < -0.3 is 9.47 Å². The summed E-state index contributed by atoms with van der Waals surface area (Å²) in [5.74, 6) is 0.601. The largest absolute Gasteiger partial charge is 0.496 e. The Labute approximate surface area is 127 Å². The van der Waals surface area contributed by atoms with E-state index in [4.69, 9.17) is 9.47 Å². The number of ether oxygens (including phenoxy) is 2. The van der Waals surface area contributed by atoms with E-state index in [1.54, 1.807) is 19.2 Å². The van der Waals surface area contributed by atoms with Crippen molar-refractivity contribution in [3.63, 3.8) is 0 Å². The lowest BCUT2D eigenvalue weighted by atomic mass is 10.3. The van der Waals surface area contributed by atoms with Gasteiger partial charge in [0.2, 0.25) is 10.0 Å². The van der Waals surface area contributed by atoms with Crippen LogP contribution >= 0.6 is 15.9 Å². The number of rotatable bonds is 5. The number of hydrogen-bond acceptors (Lipinski definition) is 4. The minimum atomic E-state index is -3.51. The second kappa shape index (κ2) is 6.43. The van der Waals surface area contributed by atoms with Crippen LogP contribution in [0.4, 0.5) is 0 Å². The summed E-state index contributed by atoms with van der Waals surface area (Å²) in [6.45, 7) is 0. The molecule has 0 radical (unpaired) electrons. The molecule has 0 spiro atoms. The van der Waals surface area contributed by atoms with Crippen molar-refractivity contribution in [1.29, 1.82) is 0 Å². The second-order valence-electron chi connectivity index (χ2n) is 4.79. The van der Waals surface area contributed by atoms with Gasteiger partial charge in [0.25, 0.3) is 0 Å². The van der Waals surface area contributed by atoms with Crippen LogP contribution in [0.3, 0.4) is 0 Å². The van der Waals surface area contributed by atoms with Crippen LogP contribution < -0.4 is 9.46 Å². The van der Waals surface area contributed by atoms with E-state index in [1.807, 2.05) is 0 Å². The zero-order valence-corrected chi connectivity index (χ0v) is 13.8. The van der Waals surface area contributed by atoms with Crippen molar-refractivity contribution in [3.8, 4) is 5.75 Å². The Morgan fingerprint density at radius 2 is 2.05 bits per heavy atom. The van der Waals surface area contributed by atoms with Crippen LogP contribution in [0.5, 0.6) is 5.75 Å². The van der Waals surface area contributed by atoms with Crippen molar-refractivity contribution in [2.75, 3.05) is 14.2 Å². The molecule has 1 saturated carbocycles. The highest BCUT2D eigenvalue weighted by atomic mass is 79.9. The zero-order valence-electron chi connectivity index (χ0n) is 11.4. The summed E-state index contributed by atoms with van der Waals surface area (Å²) >= 11 is 3.30. The summed E-state index contributed by atoms with van der Waals surface area (Å²) in [5, 5.41) is 0. The summed E-state index contributed by atoms with van der Waals surface area (Å²) in [5.41, 5.74) is 0. The normalized spacial score (nSPS) is 22.9. The molecular weight excluding hydrogens is 346 g/mol. The lowest BCUT2D eigenvalue weighted by molar-refractivity contribution is 0.107. The Bertz CT molecular complexity index is 576. The van der Waals surface area contributed by atoms with Gasteiger partial charge in [-0.25, -0.2) is 13.1 Å².